The van der Waals surface area contributed by atoms with E-state index >= 15 is 0 Å². The molecule has 0 N–H and O–H groups in total. The molecule has 21 aromatic rings. The maximum Gasteiger partial charge on any atom is 0.0915 e. The first kappa shape index (κ1) is 59.9. The molecule has 0 aliphatic rings. The fraction of sp³-hybridized carbons (Fsp3) is 0. The summed E-state index contributed by atoms with van der Waals surface area (Å²) in [5.41, 5.74) is 26.0. The lowest BCUT2D eigenvalue weighted by molar-refractivity contribution is 1.14. The van der Waals surface area contributed by atoms with E-state index in [1.54, 1.807) is 0 Å². The molecule has 104 heavy (non-hydrogen) atoms. The second-order valence-corrected chi connectivity index (χ2v) is 26.6. The summed E-state index contributed by atoms with van der Waals surface area (Å²) in [5.74, 6) is 0. The molecule has 21 rings (SSSR count). The Morgan fingerprint density at radius 2 is 0.510 bits per heavy atom. The fourth-order valence-electron chi connectivity index (χ4n) is 15.7. The van der Waals surface area contributed by atoms with Crippen molar-refractivity contribution in [2.45, 2.75) is 0 Å². The molecule has 0 fully saturated rings. The van der Waals surface area contributed by atoms with Crippen LogP contribution in [0.3, 0.4) is 0 Å². The Labute approximate surface area is 599 Å². The van der Waals surface area contributed by atoms with E-state index in [0.717, 1.165) is 73.4 Å². The average molecular weight is 1330 g/mol. The predicted octanol–water partition coefficient (Wildman–Crippen LogP) is 24.5. The van der Waals surface area contributed by atoms with Crippen LogP contribution < -0.4 is 0 Å². The highest BCUT2D eigenvalue weighted by Gasteiger charge is 2.21. The molecule has 0 radical (unpaired) electrons. The lowest BCUT2D eigenvalue weighted by Crippen LogP contribution is -1.99. The van der Waals surface area contributed by atoms with Gasteiger partial charge in [-0.15, -0.1) is 0 Å². The van der Waals surface area contributed by atoms with Crippen LogP contribution in [0.2, 0.25) is 0 Å². The minimum atomic E-state index is 0.800. The van der Waals surface area contributed by atoms with Gasteiger partial charge in [0.05, 0.1) is 84.0 Å². The molecule has 0 saturated heterocycles. The van der Waals surface area contributed by atoms with Crippen molar-refractivity contribution in [1.29, 1.82) is 0 Å². The molecule has 0 aliphatic carbocycles. The average Bonchev–Trinajstić information content (AvgIpc) is 1.60. The van der Waals surface area contributed by atoms with Gasteiger partial charge in [0, 0.05) is 83.7 Å². The maximum atomic E-state index is 5.07. The molecule has 0 atom stereocenters. The second kappa shape index (κ2) is 25.0. The molecule has 8 aromatic heterocycles. The van der Waals surface area contributed by atoms with Gasteiger partial charge in [-0.3, -0.25) is 9.97 Å². The SMILES string of the molecule is c1ccc(-c2cccc(-c3cccc(-n4c5ccccc5c5cc(-c6ccc7c(c6)c6ccccc6n7-c6ccc7ccccc7c6)ccc54)c3)n2)cc1.c1ccc(-n2c3ccccc3c3cc(-c4ccc5c(c4)c4ccccc4n5-c4cc(-c5ccccn5)nc(-c5ccccn5)c4)ccc32)cc1. The summed E-state index contributed by atoms with van der Waals surface area (Å²) in [6.07, 6.45) is 3.62. The number of pyridine rings is 4. The molecule has 0 unspecified atom stereocenters. The number of benzene rings is 13. The second-order valence-electron chi connectivity index (χ2n) is 26.6. The van der Waals surface area contributed by atoms with Crippen molar-refractivity contribution in [2.24, 2.45) is 0 Å². The molecule has 0 spiro atoms. The Balaban J connectivity index is 0.000000139. The molecular formula is C96H62N8. The monoisotopic (exact) mass is 1330 g/mol. The molecule has 0 bridgehead atoms. The van der Waals surface area contributed by atoms with Gasteiger partial charge in [0.1, 0.15) is 0 Å². The number of fused-ring (bicyclic) bond motifs is 13. The first-order valence-electron chi connectivity index (χ1n) is 35.2. The van der Waals surface area contributed by atoms with Crippen LogP contribution in [0.15, 0.2) is 376 Å². The molecule has 0 amide bonds. The third-order valence-electron chi connectivity index (χ3n) is 20.5. The van der Waals surface area contributed by atoms with Crippen LogP contribution in [0.1, 0.15) is 0 Å². The number of aromatic nitrogens is 8. The van der Waals surface area contributed by atoms with E-state index in [-0.39, 0.29) is 0 Å². The zero-order valence-electron chi connectivity index (χ0n) is 56.4. The van der Waals surface area contributed by atoms with Crippen molar-refractivity contribution in [3.05, 3.63) is 376 Å². The third-order valence-corrected chi connectivity index (χ3v) is 20.5. The van der Waals surface area contributed by atoms with E-state index in [2.05, 4.69) is 350 Å². The smallest absolute Gasteiger partial charge is 0.0915 e. The van der Waals surface area contributed by atoms with Crippen molar-refractivity contribution >= 4 is 98.0 Å². The van der Waals surface area contributed by atoms with Crippen LogP contribution in [-0.2, 0) is 0 Å². The van der Waals surface area contributed by atoms with Crippen molar-refractivity contribution in [3.8, 4) is 90.3 Å². The fourth-order valence-corrected chi connectivity index (χ4v) is 15.7. The van der Waals surface area contributed by atoms with Gasteiger partial charge in [-0.1, -0.05) is 206 Å². The topological polar surface area (TPSA) is 71.3 Å². The standard InChI is InChI=1S/C51H33N3.C45H29N5/c1-2-13-35(14-3-1)46-20-11-21-47(52-46)39-16-10-17-40(31-39)53-48-22-8-6-18-42(48)44-32-37(25-28-50(44)53)38-26-29-51-45(33-38)43-19-7-9-23-49(43)54(51)41-27-24-34-12-4-5-15-36(34)30-41;1-2-12-32(13-3-1)49-42-18-6-4-14-34(42)36-26-30(20-22-44(36)49)31-21-23-45-37(27-31)35-15-5-7-19-43(35)50(45)33-28-40(38-16-8-10-24-46-38)48-41(29-33)39-17-9-11-25-47-39/h1-33H;1-29H. The van der Waals surface area contributed by atoms with Crippen LogP contribution in [0, 0.1) is 0 Å². The van der Waals surface area contributed by atoms with E-state index in [1.165, 1.54) is 115 Å². The number of hydrogen-bond acceptors (Lipinski definition) is 4. The normalized spacial score (nSPS) is 11.7. The molecule has 8 heteroatoms. The van der Waals surface area contributed by atoms with Gasteiger partial charge in [-0.2, -0.15) is 0 Å². The zero-order valence-corrected chi connectivity index (χ0v) is 56.4. The Hall–Kier alpha value is -14.1. The van der Waals surface area contributed by atoms with Gasteiger partial charge in [0.2, 0.25) is 0 Å². The largest absolute Gasteiger partial charge is 0.309 e. The number of hydrogen-bond donors (Lipinski definition) is 0. The molecule has 8 heterocycles. The third kappa shape index (κ3) is 10.3. The lowest BCUT2D eigenvalue weighted by atomic mass is 10.0. The summed E-state index contributed by atoms with van der Waals surface area (Å²) in [6.45, 7) is 0. The van der Waals surface area contributed by atoms with Crippen LogP contribution in [0.4, 0.5) is 0 Å². The summed E-state index contributed by atoms with van der Waals surface area (Å²) < 4.78 is 9.49. The Kier molecular flexibility index (Phi) is 14.4. The van der Waals surface area contributed by atoms with E-state index in [9.17, 15) is 0 Å². The van der Waals surface area contributed by atoms with Crippen molar-refractivity contribution in [2.75, 3.05) is 0 Å². The number of para-hydroxylation sites is 5. The number of rotatable bonds is 10. The van der Waals surface area contributed by atoms with Gasteiger partial charge in [-0.05, 0) is 191 Å². The van der Waals surface area contributed by atoms with E-state index in [4.69, 9.17) is 9.97 Å². The molecule has 486 valence electrons. The Bertz CT molecular complexity index is 6850. The van der Waals surface area contributed by atoms with Gasteiger partial charge in [-0.25, -0.2) is 9.97 Å². The maximum absolute atomic E-state index is 5.07. The van der Waals surface area contributed by atoms with E-state index < -0.39 is 0 Å². The molecule has 8 nitrogen and oxygen atoms in total. The van der Waals surface area contributed by atoms with E-state index in [1.807, 2.05) is 54.9 Å². The predicted molar refractivity (Wildman–Crippen MR) is 432 cm³/mol. The summed E-state index contributed by atoms with van der Waals surface area (Å²) in [6, 6.07) is 130. The molecule has 13 aromatic carbocycles. The molecular weight excluding hydrogens is 1270 g/mol. The first-order chi connectivity index (χ1) is 51.6. The van der Waals surface area contributed by atoms with Crippen LogP contribution in [0.5, 0.6) is 0 Å². The van der Waals surface area contributed by atoms with Crippen molar-refractivity contribution in [1.82, 2.24) is 38.2 Å². The van der Waals surface area contributed by atoms with Crippen LogP contribution in [0.25, 0.3) is 188 Å². The summed E-state index contributed by atoms with van der Waals surface area (Å²) >= 11 is 0. The summed E-state index contributed by atoms with van der Waals surface area (Å²) in [4.78, 5) is 19.4. The minimum Gasteiger partial charge on any atom is -0.309 e. The summed E-state index contributed by atoms with van der Waals surface area (Å²) in [7, 11) is 0. The Morgan fingerprint density at radius 3 is 0.990 bits per heavy atom. The van der Waals surface area contributed by atoms with E-state index in [0.29, 0.717) is 0 Å². The highest BCUT2D eigenvalue weighted by Crippen LogP contribution is 2.43. The summed E-state index contributed by atoms with van der Waals surface area (Å²) in [5, 5.41) is 12.3. The van der Waals surface area contributed by atoms with Crippen molar-refractivity contribution < 1.29 is 0 Å². The Morgan fingerprint density at radius 1 is 0.163 bits per heavy atom. The van der Waals surface area contributed by atoms with Crippen molar-refractivity contribution in [3.63, 3.8) is 0 Å². The molecule has 0 saturated carbocycles. The van der Waals surface area contributed by atoms with Crippen LogP contribution in [-0.4, -0.2) is 38.2 Å². The van der Waals surface area contributed by atoms with Crippen LogP contribution >= 0.6 is 0 Å². The van der Waals surface area contributed by atoms with Gasteiger partial charge >= 0.3 is 0 Å². The quantitative estimate of drug-likeness (QED) is 0.137. The van der Waals surface area contributed by atoms with Gasteiger partial charge in [0.25, 0.3) is 0 Å². The van der Waals surface area contributed by atoms with Gasteiger partial charge in [0.15, 0.2) is 0 Å². The highest BCUT2D eigenvalue weighted by molar-refractivity contribution is 6.15. The lowest BCUT2D eigenvalue weighted by Gasteiger charge is -2.13. The van der Waals surface area contributed by atoms with Gasteiger partial charge < -0.3 is 18.3 Å². The molecule has 0 aliphatic heterocycles. The first-order valence-corrected chi connectivity index (χ1v) is 35.2. The number of nitrogens with zero attached hydrogens (tertiary/aromatic N) is 8. The highest BCUT2D eigenvalue weighted by atomic mass is 15.0. The zero-order chi connectivity index (χ0) is 68.6. The minimum absolute atomic E-state index is 0.800.